The lowest BCUT2D eigenvalue weighted by atomic mass is 10.2. The van der Waals surface area contributed by atoms with Crippen LogP contribution in [0.4, 0.5) is 10.5 Å². The lowest BCUT2D eigenvalue weighted by Crippen LogP contribution is -2.23. The molecule has 0 unspecified atom stereocenters. The summed E-state index contributed by atoms with van der Waals surface area (Å²) >= 11 is 11.8. The third kappa shape index (κ3) is 4.41. The summed E-state index contributed by atoms with van der Waals surface area (Å²) in [5, 5.41) is 6.10. The normalized spacial score (nSPS) is 10.5. The van der Waals surface area contributed by atoms with Crippen LogP contribution in [-0.2, 0) is 0 Å². The second-order valence-electron chi connectivity index (χ2n) is 4.30. The monoisotopic (exact) mass is 336 g/mol. The van der Waals surface area contributed by atoms with Crippen LogP contribution in [0.15, 0.2) is 48.7 Å². The van der Waals surface area contributed by atoms with Crippen molar-refractivity contribution in [2.24, 2.45) is 0 Å². The number of amides is 2. The first-order valence-electron chi connectivity index (χ1n) is 6.42. The zero-order valence-electron chi connectivity index (χ0n) is 11.8. The molecule has 0 spiro atoms. The van der Waals surface area contributed by atoms with Crippen molar-refractivity contribution in [3.8, 4) is 5.75 Å². The number of para-hydroxylation sites is 1. The first kappa shape index (κ1) is 16.2. The van der Waals surface area contributed by atoms with E-state index in [-0.39, 0.29) is 0 Å². The number of halogens is 2. The molecule has 0 bridgehead atoms. The highest BCUT2D eigenvalue weighted by Gasteiger charge is 2.04. The molecule has 2 amide bonds. The Kier molecular flexibility index (Phi) is 5.69. The standard InChI is InChI=1S/C16H14Cl2N2O2/c1-22-15-5-3-2-4-11(15)8-9-19-16(21)20-14-7-6-12(17)10-13(14)18/h2-10H,1H3,(H2,19,20,21)/b9-8+. The molecule has 22 heavy (non-hydrogen) atoms. The molecule has 6 heteroatoms. The molecule has 2 rings (SSSR count). The Morgan fingerprint density at radius 1 is 1.18 bits per heavy atom. The van der Waals surface area contributed by atoms with Gasteiger partial charge in [0, 0.05) is 16.8 Å². The smallest absolute Gasteiger partial charge is 0.323 e. The van der Waals surface area contributed by atoms with Gasteiger partial charge in [0.2, 0.25) is 0 Å². The van der Waals surface area contributed by atoms with Crippen molar-refractivity contribution in [3.63, 3.8) is 0 Å². The Balaban J connectivity index is 1.96. The topological polar surface area (TPSA) is 50.4 Å². The zero-order valence-corrected chi connectivity index (χ0v) is 13.3. The minimum absolute atomic E-state index is 0.372. The van der Waals surface area contributed by atoms with E-state index < -0.39 is 6.03 Å². The van der Waals surface area contributed by atoms with E-state index in [1.807, 2.05) is 24.3 Å². The van der Waals surface area contributed by atoms with Gasteiger partial charge in [0.05, 0.1) is 17.8 Å². The first-order valence-corrected chi connectivity index (χ1v) is 7.18. The van der Waals surface area contributed by atoms with E-state index in [1.165, 1.54) is 6.20 Å². The molecule has 0 atom stereocenters. The molecule has 0 aliphatic carbocycles. The van der Waals surface area contributed by atoms with E-state index in [0.29, 0.717) is 15.7 Å². The average molecular weight is 337 g/mol. The minimum Gasteiger partial charge on any atom is -0.496 e. The molecule has 0 fully saturated rings. The minimum atomic E-state index is -0.407. The second-order valence-corrected chi connectivity index (χ2v) is 5.14. The third-order valence-electron chi connectivity index (χ3n) is 2.80. The number of ether oxygens (including phenoxy) is 1. The van der Waals surface area contributed by atoms with Crippen LogP contribution in [0.5, 0.6) is 5.75 Å². The van der Waals surface area contributed by atoms with Gasteiger partial charge in [-0.3, -0.25) is 0 Å². The van der Waals surface area contributed by atoms with Gasteiger partial charge < -0.3 is 15.4 Å². The van der Waals surface area contributed by atoms with Crippen molar-refractivity contribution in [1.82, 2.24) is 5.32 Å². The van der Waals surface area contributed by atoms with E-state index >= 15 is 0 Å². The fourth-order valence-corrected chi connectivity index (χ4v) is 2.22. The van der Waals surface area contributed by atoms with Crippen LogP contribution in [0, 0.1) is 0 Å². The Bertz CT molecular complexity index is 702. The number of carbonyl (C=O) groups is 1. The number of hydrogen-bond acceptors (Lipinski definition) is 2. The predicted molar refractivity (Wildman–Crippen MR) is 90.6 cm³/mol. The van der Waals surface area contributed by atoms with Gasteiger partial charge in [-0.25, -0.2) is 4.79 Å². The van der Waals surface area contributed by atoms with Crippen molar-refractivity contribution in [3.05, 3.63) is 64.3 Å². The van der Waals surface area contributed by atoms with Crippen LogP contribution < -0.4 is 15.4 Å². The summed E-state index contributed by atoms with van der Waals surface area (Å²) in [7, 11) is 1.59. The van der Waals surface area contributed by atoms with E-state index in [0.717, 1.165) is 11.3 Å². The number of urea groups is 1. The molecule has 0 saturated heterocycles. The van der Waals surface area contributed by atoms with Gasteiger partial charge in [-0.2, -0.15) is 0 Å². The molecule has 0 aliphatic heterocycles. The number of nitrogens with one attached hydrogen (secondary N) is 2. The maximum atomic E-state index is 11.8. The largest absolute Gasteiger partial charge is 0.496 e. The van der Waals surface area contributed by atoms with Crippen LogP contribution in [0.1, 0.15) is 5.56 Å². The zero-order chi connectivity index (χ0) is 15.9. The van der Waals surface area contributed by atoms with Gasteiger partial charge in [0.1, 0.15) is 5.75 Å². The van der Waals surface area contributed by atoms with Crippen molar-refractivity contribution in [2.45, 2.75) is 0 Å². The summed E-state index contributed by atoms with van der Waals surface area (Å²) in [4.78, 5) is 11.8. The van der Waals surface area contributed by atoms with Gasteiger partial charge in [-0.1, -0.05) is 41.4 Å². The molecular formula is C16H14Cl2N2O2. The number of hydrogen-bond donors (Lipinski definition) is 2. The summed E-state index contributed by atoms with van der Waals surface area (Å²) < 4.78 is 5.22. The van der Waals surface area contributed by atoms with Crippen molar-refractivity contribution in [1.29, 1.82) is 0 Å². The maximum Gasteiger partial charge on any atom is 0.323 e. The van der Waals surface area contributed by atoms with Gasteiger partial charge in [-0.15, -0.1) is 0 Å². The molecular weight excluding hydrogens is 323 g/mol. The van der Waals surface area contributed by atoms with Gasteiger partial charge in [0.15, 0.2) is 0 Å². The van der Waals surface area contributed by atoms with Crippen molar-refractivity contribution < 1.29 is 9.53 Å². The molecule has 2 aromatic carbocycles. The quantitative estimate of drug-likeness (QED) is 0.842. The highest BCUT2D eigenvalue weighted by molar-refractivity contribution is 6.36. The number of methoxy groups -OCH3 is 1. The van der Waals surface area contributed by atoms with Crippen molar-refractivity contribution in [2.75, 3.05) is 12.4 Å². The van der Waals surface area contributed by atoms with E-state index in [9.17, 15) is 4.79 Å². The lowest BCUT2D eigenvalue weighted by molar-refractivity contribution is 0.255. The first-order chi connectivity index (χ1) is 10.6. The maximum absolute atomic E-state index is 11.8. The Morgan fingerprint density at radius 2 is 1.95 bits per heavy atom. The third-order valence-corrected chi connectivity index (χ3v) is 3.34. The van der Waals surface area contributed by atoms with Gasteiger partial charge in [-0.05, 0) is 30.3 Å². The molecule has 114 valence electrons. The molecule has 2 aromatic rings. The summed E-state index contributed by atoms with van der Waals surface area (Å²) in [5.41, 5.74) is 1.34. The van der Waals surface area contributed by atoms with Crippen LogP contribution in [0.3, 0.4) is 0 Å². The van der Waals surface area contributed by atoms with E-state index in [2.05, 4.69) is 10.6 Å². The van der Waals surface area contributed by atoms with Crippen molar-refractivity contribution >= 4 is 41.0 Å². The summed E-state index contributed by atoms with van der Waals surface area (Å²) in [5.74, 6) is 0.724. The molecule has 0 saturated carbocycles. The predicted octanol–water partition coefficient (Wildman–Crippen LogP) is 4.79. The SMILES string of the molecule is COc1ccccc1/C=C/NC(=O)Nc1ccc(Cl)cc1Cl. The van der Waals surface area contributed by atoms with Gasteiger partial charge in [0.25, 0.3) is 0 Å². The summed E-state index contributed by atoms with van der Waals surface area (Å²) in [6, 6.07) is 11.9. The number of benzene rings is 2. The average Bonchev–Trinajstić information content (AvgIpc) is 2.50. The molecule has 4 nitrogen and oxygen atoms in total. The number of anilines is 1. The van der Waals surface area contributed by atoms with Crippen LogP contribution in [0.25, 0.3) is 6.08 Å². The fourth-order valence-electron chi connectivity index (χ4n) is 1.76. The summed E-state index contributed by atoms with van der Waals surface area (Å²) in [6.45, 7) is 0. The molecule has 0 radical (unpaired) electrons. The second kappa shape index (κ2) is 7.73. The summed E-state index contributed by atoms with van der Waals surface area (Å²) in [6.07, 6.45) is 3.26. The Hall–Kier alpha value is -2.17. The van der Waals surface area contributed by atoms with Gasteiger partial charge >= 0.3 is 6.03 Å². The molecule has 0 aromatic heterocycles. The Labute approximate surface area is 138 Å². The lowest BCUT2D eigenvalue weighted by Gasteiger charge is -2.07. The van der Waals surface area contributed by atoms with Crippen LogP contribution >= 0.6 is 23.2 Å². The highest BCUT2D eigenvalue weighted by atomic mass is 35.5. The number of carbonyl (C=O) groups excluding carboxylic acids is 1. The molecule has 0 aliphatic rings. The van der Waals surface area contributed by atoms with E-state index in [4.69, 9.17) is 27.9 Å². The number of rotatable bonds is 4. The van der Waals surface area contributed by atoms with Crippen LogP contribution in [-0.4, -0.2) is 13.1 Å². The molecule has 0 heterocycles. The Morgan fingerprint density at radius 3 is 2.68 bits per heavy atom. The fraction of sp³-hybridized carbons (Fsp3) is 0.0625. The molecule has 2 N–H and O–H groups in total. The van der Waals surface area contributed by atoms with E-state index in [1.54, 1.807) is 31.4 Å². The van der Waals surface area contributed by atoms with Crippen LogP contribution in [0.2, 0.25) is 10.0 Å². The highest BCUT2D eigenvalue weighted by Crippen LogP contribution is 2.25.